The maximum atomic E-state index is 12.8. The van der Waals surface area contributed by atoms with Gasteiger partial charge < -0.3 is 0 Å². The van der Waals surface area contributed by atoms with Crippen molar-refractivity contribution >= 4 is 39.8 Å². The van der Waals surface area contributed by atoms with E-state index in [1.165, 1.54) is 16.8 Å². The van der Waals surface area contributed by atoms with Gasteiger partial charge in [-0.05, 0) is 36.4 Å². The highest BCUT2D eigenvalue weighted by molar-refractivity contribution is 8.26. The summed E-state index contributed by atoms with van der Waals surface area (Å²) in [6.45, 7) is 1.98. The summed E-state index contributed by atoms with van der Waals surface area (Å²) < 4.78 is 1.78. The summed E-state index contributed by atoms with van der Waals surface area (Å²) in [5, 5.41) is 20.5. The number of thioether (sulfide) groups is 1. The summed E-state index contributed by atoms with van der Waals surface area (Å²) in [6.07, 6.45) is 4.27. The first kappa shape index (κ1) is 19.2. The molecule has 0 bridgehead atoms. The van der Waals surface area contributed by atoms with E-state index in [0.29, 0.717) is 5.17 Å². The molecule has 0 radical (unpaired) electrons. The van der Waals surface area contributed by atoms with Crippen molar-refractivity contribution in [1.82, 2.24) is 14.8 Å². The Kier molecular flexibility index (Phi) is 4.83. The first-order valence-corrected chi connectivity index (χ1v) is 10.7. The second-order valence-corrected chi connectivity index (χ2v) is 7.99. The zero-order valence-corrected chi connectivity index (χ0v) is 17.5. The second-order valence-electron chi connectivity index (χ2n) is 6.95. The second kappa shape index (κ2) is 7.81. The molecule has 5 rings (SSSR count). The molecule has 0 unspecified atom stereocenters. The molecule has 0 fully saturated rings. The van der Waals surface area contributed by atoms with E-state index >= 15 is 0 Å². The van der Waals surface area contributed by atoms with Crippen molar-refractivity contribution in [3.05, 3.63) is 78.0 Å². The van der Waals surface area contributed by atoms with Crippen LogP contribution >= 0.6 is 11.8 Å². The number of hydrazone groups is 1. The van der Waals surface area contributed by atoms with Crippen LogP contribution in [0.3, 0.4) is 0 Å². The molecule has 1 amide bonds. The van der Waals surface area contributed by atoms with Crippen LogP contribution in [-0.2, 0) is 4.79 Å². The van der Waals surface area contributed by atoms with Crippen LogP contribution in [0.15, 0.2) is 82.5 Å². The van der Waals surface area contributed by atoms with Gasteiger partial charge in [0.15, 0.2) is 5.84 Å². The summed E-state index contributed by atoms with van der Waals surface area (Å²) in [4.78, 5) is 16.9. The third-order valence-corrected chi connectivity index (χ3v) is 5.96. The molecule has 0 saturated heterocycles. The molecule has 0 atom stereocenters. The lowest BCUT2D eigenvalue weighted by atomic mass is 10.0. The Balaban J connectivity index is 1.62. The number of amides is 1. The van der Waals surface area contributed by atoms with E-state index in [9.17, 15) is 4.79 Å². The van der Waals surface area contributed by atoms with Crippen LogP contribution < -0.4 is 0 Å². The van der Waals surface area contributed by atoms with Gasteiger partial charge in [0.05, 0.1) is 17.0 Å². The Morgan fingerprint density at radius 2 is 1.77 bits per heavy atom. The SMILES string of the molecule is CCC1=NN2C(=N)/C(=C/c3cn(-c4ccccc4)nc3-c3ccccc3)C(=O)N=C2S1. The number of aromatic nitrogens is 2. The molecule has 1 aromatic heterocycles. The van der Waals surface area contributed by atoms with Gasteiger partial charge in [-0.1, -0.05) is 55.5 Å². The standard InChI is InChI=1S/C23H18N6OS/c1-2-19-26-29-21(24)18(22(30)25-23(29)31-19)13-16-14-28(17-11-7-4-8-12-17)27-20(16)15-9-5-3-6-10-15/h3-14,24H,2H2,1H3/b18-13-,24-21?. The van der Waals surface area contributed by atoms with Crippen LogP contribution in [0.2, 0.25) is 0 Å². The topological polar surface area (TPSA) is 86.7 Å². The lowest BCUT2D eigenvalue weighted by Crippen LogP contribution is -2.35. The molecule has 152 valence electrons. The summed E-state index contributed by atoms with van der Waals surface area (Å²) in [5.41, 5.74) is 3.47. The van der Waals surface area contributed by atoms with E-state index in [1.54, 1.807) is 10.8 Å². The third-order valence-electron chi connectivity index (χ3n) is 4.91. The number of amidine groups is 2. The van der Waals surface area contributed by atoms with Crippen LogP contribution in [0.1, 0.15) is 18.9 Å². The number of carbonyl (C=O) groups excluding carboxylic acids is 1. The third kappa shape index (κ3) is 3.51. The Hall–Kier alpha value is -3.78. The van der Waals surface area contributed by atoms with Gasteiger partial charge in [0.25, 0.3) is 5.91 Å². The lowest BCUT2D eigenvalue weighted by molar-refractivity contribution is -0.114. The smallest absolute Gasteiger partial charge is 0.282 e. The minimum absolute atomic E-state index is 0.0254. The number of hydrogen-bond donors (Lipinski definition) is 1. The van der Waals surface area contributed by atoms with E-state index in [4.69, 9.17) is 10.5 Å². The predicted molar refractivity (Wildman–Crippen MR) is 124 cm³/mol. The molecular weight excluding hydrogens is 408 g/mol. The Bertz CT molecular complexity index is 1270. The van der Waals surface area contributed by atoms with Crippen molar-refractivity contribution in [2.24, 2.45) is 10.1 Å². The highest BCUT2D eigenvalue weighted by Crippen LogP contribution is 2.31. The van der Waals surface area contributed by atoms with Gasteiger partial charge in [0.2, 0.25) is 5.17 Å². The number of rotatable bonds is 4. The summed E-state index contributed by atoms with van der Waals surface area (Å²) in [6, 6.07) is 19.5. The Morgan fingerprint density at radius 3 is 2.48 bits per heavy atom. The summed E-state index contributed by atoms with van der Waals surface area (Å²) in [5.74, 6) is -0.416. The number of aliphatic imine (C=N–C) groups is 1. The van der Waals surface area contributed by atoms with E-state index in [2.05, 4.69) is 10.1 Å². The largest absolute Gasteiger partial charge is 0.283 e. The van der Waals surface area contributed by atoms with Crippen LogP contribution in [-0.4, -0.2) is 36.7 Å². The molecule has 3 heterocycles. The van der Waals surface area contributed by atoms with Crippen molar-refractivity contribution in [3.63, 3.8) is 0 Å². The van der Waals surface area contributed by atoms with Crippen molar-refractivity contribution in [1.29, 1.82) is 5.41 Å². The first-order valence-electron chi connectivity index (χ1n) is 9.83. The fraction of sp³-hybridized carbons (Fsp3) is 0.0870. The number of nitrogens with one attached hydrogen (secondary N) is 1. The molecular formula is C23H18N6OS. The van der Waals surface area contributed by atoms with Crippen LogP contribution in [0.25, 0.3) is 23.0 Å². The van der Waals surface area contributed by atoms with E-state index in [1.807, 2.05) is 73.8 Å². The molecule has 31 heavy (non-hydrogen) atoms. The molecule has 0 spiro atoms. The number of fused-ring (bicyclic) bond motifs is 1. The maximum Gasteiger partial charge on any atom is 0.283 e. The fourth-order valence-electron chi connectivity index (χ4n) is 3.36. The summed E-state index contributed by atoms with van der Waals surface area (Å²) >= 11 is 1.33. The normalized spacial score (nSPS) is 17.1. The minimum Gasteiger partial charge on any atom is -0.282 e. The molecule has 3 aromatic rings. The van der Waals surface area contributed by atoms with Crippen molar-refractivity contribution in [2.45, 2.75) is 13.3 Å². The zero-order valence-electron chi connectivity index (χ0n) is 16.7. The predicted octanol–water partition coefficient (Wildman–Crippen LogP) is 4.57. The Morgan fingerprint density at radius 1 is 1.06 bits per heavy atom. The minimum atomic E-state index is -0.442. The lowest BCUT2D eigenvalue weighted by Gasteiger charge is -2.20. The molecule has 2 aliphatic rings. The van der Waals surface area contributed by atoms with Crippen molar-refractivity contribution in [2.75, 3.05) is 0 Å². The molecule has 1 N–H and O–H groups in total. The summed E-state index contributed by atoms with van der Waals surface area (Å²) in [7, 11) is 0. The van der Waals surface area contributed by atoms with Crippen molar-refractivity contribution in [3.8, 4) is 16.9 Å². The highest BCUT2D eigenvalue weighted by atomic mass is 32.2. The van der Waals surface area contributed by atoms with Gasteiger partial charge in [0, 0.05) is 17.3 Å². The molecule has 8 heteroatoms. The van der Waals surface area contributed by atoms with Gasteiger partial charge in [-0.25, -0.2) is 4.68 Å². The number of benzene rings is 2. The van der Waals surface area contributed by atoms with Gasteiger partial charge in [-0.3, -0.25) is 10.2 Å². The quantitative estimate of drug-likeness (QED) is 0.619. The number of hydrogen-bond acceptors (Lipinski definition) is 5. The highest BCUT2D eigenvalue weighted by Gasteiger charge is 2.35. The number of nitrogens with zero attached hydrogens (tertiary/aromatic N) is 5. The molecule has 2 aliphatic heterocycles. The zero-order chi connectivity index (χ0) is 21.4. The average molecular weight is 427 g/mol. The molecule has 2 aromatic carbocycles. The van der Waals surface area contributed by atoms with E-state index < -0.39 is 5.91 Å². The molecule has 0 saturated carbocycles. The van der Waals surface area contributed by atoms with Crippen LogP contribution in [0, 0.1) is 5.41 Å². The Labute approximate surface area is 183 Å². The number of carbonyl (C=O) groups is 1. The van der Waals surface area contributed by atoms with E-state index in [0.717, 1.165) is 34.0 Å². The average Bonchev–Trinajstić information content (AvgIpc) is 3.42. The molecule has 7 nitrogen and oxygen atoms in total. The van der Waals surface area contributed by atoms with Gasteiger partial charge in [-0.2, -0.15) is 20.2 Å². The van der Waals surface area contributed by atoms with E-state index in [-0.39, 0.29) is 11.4 Å². The maximum absolute atomic E-state index is 12.8. The molecule has 0 aliphatic carbocycles. The van der Waals surface area contributed by atoms with Gasteiger partial charge in [0.1, 0.15) is 5.04 Å². The van der Waals surface area contributed by atoms with Crippen LogP contribution in [0.5, 0.6) is 0 Å². The first-order chi connectivity index (χ1) is 15.1. The van der Waals surface area contributed by atoms with Gasteiger partial charge in [-0.15, -0.1) is 0 Å². The van der Waals surface area contributed by atoms with Crippen molar-refractivity contribution < 1.29 is 4.79 Å². The monoisotopic (exact) mass is 426 g/mol. The fourth-order valence-corrected chi connectivity index (χ4v) is 4.18. The number of para-hydroxylation sites is 1. The van der Waals surface area contributed by atoms with Crippen LogP contribution in [0.4, 0.5) is 0 Å². The van der Waals surface area contributed by atoms with Gasteiger partial charge >= 0.3 is 0 Å².